The number of nitrogens with zero attached hydrogens (tertiary/aromatic N) is 4. The number of amides is 1. The van der Waals surface area contributed by atoms with Gasteiger partial charge in [0.05, 0.1) is 29.5 Å². The lowest BCUT2D eigenvalue weighted by Gasteiger charge is -2.08. The highest BCUT2D eigenvalue weighted by Crippen LogP contribution is 2.23. The van der Waals surface area contributed by atoms with Crippen molar-refractivity contribution in [3.63, 3.8) is 0 Å². The molecule has 0 saturated heterocycles. The second-order valence-corrected chi connectivity index (χ2v) is 7.71. The molecule has 1 N–H and O–H groups in total. The number of fused-ring (bicyclic) bond motifs is 1. The molecule has 0 spiro atoms. The van der Waals surface area contributed by atoms with E-state index in [0.29, 0.717) is 18.1 Å². The third-order valence-electron chi connectivity index (χ3n) is 3.95. The molecule has 0 aliphatic heterocycles. The molecule has 26 heavy (non-hydrogen) atoms. The normalized spacial score (nSPS) is 11.1. The van der Waals surface area contributed by atoms with Crippen molar-refractivity contribution in [3.8, 4) is 0 Å². The van der Waals surface area contributed by atoms with Gasteiger partial charge in [-0.15, -0.1) is 11.3 Å². The SMILES string of the molecule is Cn1c(SCC(=O)Nc2ccnn2Cc2cccs2)nc2ccccc21. The largest absolute Gasteiger partial charge is 0.322 e. The van der Waals surface area contributed by atoms with Crippen molar-refractivity contribution in [2.24, 2.45) is 7.05 Å². The third kappa shape index (κ3) is 3.51. The van der Waals surface area contributed by atoms with E-state index in [1.807, 2.05) is 53.4 Å². The number of anilines is 1. The molecule has 3 heterocycles. The van der Waals surface area contributed by atoms with Crippen molar-refractivity contribution < 1.29 is 4.79 Å². The summed E-state index contributed by atoms with van der Waals surface area (Å²) >= 11 is 3.10. The number of aryl methyl sites for hydroxylation is 1. The van der Waals surface area contributed by atoms with Gasteiger partial charge in [0.15, 0.2) is 5.16 Å². The molecule has 0 atom stereocenters. The van der Waals surface area contributed by atoms with Crippen LogP contribution in [0.4, 0.5) is 5.82 Å². The molecule has 4 rings (SSSR count). The number of rotatable bonds is 6. The van der Waals surface area contributed by atoms with Crippen LogP contribution in [0, 0.1) is 0 Å². The summed E-state index contributed by atoms with van der Waals surface area (Å²) in [6, 6.07) is 13.8. The molecule has 1 amide bonds. The van der Waals surface area contributed by atoms with Crippen LogP contribution >= 0.6 is 23.1 Å². The molecule has 6 nitrogen and oxygen atoms in total. The number of nitrogens with one attached hydrogen (secondary N) is 1. The fourth-order valence-corrected chi connectivity index (χ4v) is 4.15. The second-order valence-electron chi connectivity index (χ2n) is 5.73. The van der Waals surface area contributed by atoms with E-state index in [-0.39, 0.29) is 5.91 Å². The number of hydrogen-bond acceptors (Lipinski definition) is 5. The fraction of sp³-hybridized carbons (Fsp3) is 0.167. The Bertz CT molecular complexity index is 1040. The molecule has 0 fully saturated rings. The van der Waals surface area contributed by atoms with Crippen molar-refractivity contribution >= 4 is 45.9 Å². The number of imidazole rings is 1. The van der Waals surface area contributed by atoms with Crippen LogP contribution in [0.15, 0.2) is 59.2 Å². The second kappa shape index (κ2) is 7.35. The molecule has 8 heteroatoms. The number of para-hydroxylation sites is 2. The summed E-state index contributed by atoms with van der Waals surface area (Å²) < 4.78 is 3.80. The summed E-state index contributed by atoms with van der Waals surface area (Å²) in [6.07, 6.45) is 1.70. The molecular weight excluding hydrogens is 366 g/mol. The monoisotopic (exact) mass is 383 g/mol. The number of carbonyl (C=O) groups excluding carboxylic acids is 1. The van der Waals surface area contributed by atoms with E-state index in [2.05, 4.69) is 21.5 Å². The summed E-state index contributed by atoms with van der Waals surface area (Å²) in [4.78, 5) is 18.1. The van der Waals surface area contributed by atoms with E-state index in [1.165, 1.54) is 16.6 Å². The van der Waals surface area contributed by atoms with E-state index in [4.69, 9.17) is 0 Å². The van der Waals surface area contributed by atoms with E-state index in [1.54, 1.807) is 22.2 Å². The zero-order valence-electron chi connectivity index (χ0n) is 14.1. The highest BCUT2D eigenvalue weighted by Gasteiger charge is 2.12. The van der Waals surface area contributed by atoms with Crippen molar-refractivity contribution in [2.75, 3.05) is 11.1 Å². The first kappa shape index (κ1) is 16.9. The minimum absolute atomic E-state index is 0.0741. The summed E-state index contributed by atoms with van der Waals surface area (Å²) in [6.45, 7) is 0.651. The standard InChI is InChI=1S/C18H17N5OS2/c1-22-15-7-3-2-6-14(15)20-18(22)26-12-17(24)21-16-8-9-19-23(16)11-13-5-4-10-25-13/h2-10H,11-12H2,1H3,(H,21,24). The molecule has 132 valence electrons. The molecule has 4 aromatic rings. The van der Waals surface area contributed by atoms with E-state index in [9.17, 15) is 4.79 Å². The van der Waals surface area contributed by atoms with Crippen molar-refractivity contribution in [1.82, 2.24) is 19.3 Å². The first-order chi connectivity index (χ1) is 12.7. The minimum atomic E-state index is -0.0741. The van der Waals surface area contributed by atoms with Crippen LogP contribution in [-0.4, -0.2) is 31.0 Å². The van der Waals surface area contributed by atoms with Crippen LogP contribution in [-0.2, 0) is 18.4 Å². The van der Waals surface area contributed by atoms with Gasteiger partial charge in [-0.2, -0.15) is 5.10 Å². The number of aromatic nitrogens is 4. The van der Waals surface area contributed by atoms with Crippen LogP contribution in [0.25, 0.3) is 11.0 Å². The number of carbonyl (C=O) groups is 1. The van der Waals surface area contributed by atoms with Crippen LogP contribution < -0.4 is 5.32 Å². The van der Waals surface area contributed by atoms with Gasteiger partial charge in [0.25, 0.3) is 0 Å². The number of thioether (sulfide) groups is 1. The minimum Gasteiger partial charge on any atom is -0.322 e. The first-order valence-electron chi connectivity index (χ1n) is 8.09. The van der Waals surface area contributed by atoms with Gasteiger partial charge in [-0.25, -0.2) is 9.67 Å². The molecule has 3 aromatic heterocycles. The average molecular weight is 384 g/mol. The molecule has 0 aliphatic carbocycles. The molecule has 0 bridgehead atoms. The zero-order valence-corrected chi connectivity index (χ0v) is 15.8. The van der Waals surface area contributed by atoms with Crippen LogP contribution in [0.3, 0.4) is 0 Å². The third-order valence-corrected chi connectivity index (χ3v) is 5.84. The lowest BCUT2D eigenvalue weighted by molar-refractivity contribution is -0.113. The number of benzene rings is 1. The maximum absolute atomic E-state index is 12.4. The Labute approximate surface area is 158 Å². The predicted octanol–water partition coefficient (Wildman–Crippen LogP) is 3.61. The molecule has 0 saturated carbocycles. The van der Waals surface area contributed by atoms with Crippen LogP contribution in [0.2, 0.25) is 0 Å². The molecule has 0 aliphatic rings. The quantitative estimate of drug-likeness (QED) is 0.517. The van der Waals surface area contributed by atoms with Gasteiger partial charge in [0, 0.05) is 18.0 Å². The van der Waals surface area contributed by atoms with Gasteiger partial charge in [-0.1, -0.05) is 30.0 Å². The summed E-state index contributed by atoms with van der Waals surface area (Å²) in [5.74, 6) is 0.922. The Morgan fingerprint density at radius 2 is 2.12 bits per heavy atom. The van der Waals surface area contributed by atoms with E-state index in [0.717, 1.165) is 16.2 Å². The van der Waals surface area contributed by atoms with E-state index < -0.39 is 0 Å². The Morgan fingerprint density at radius 1 is 1.23 bits per heavy atom. The Hall–Kier alpha value is -2.58. The van der Waals surface area contributed by atoms with E-state index >= 15 is 0 Å². The van der Waals surface area contributed by atoms with Crippen LogP contribution in [0.1, 0.15) is 4.88 Å². The fourth-order valence-electron chi connectivity index (χ4n) is 2.68. The van der Waals surface area contributed by atoms with Gasteiger partial charge >= 0.3 is 0 Å². The zero-order chi connectivity index (χ0) is 17.9. The first-order valence-corrected chi connectivity index (χ1v) is 9.95. The number of thiophene rings is 1. The Kier molecular flexibility index (Phi) is 4.77. The highest BCUT2D eigenvalue weighted by atomic mass is 32.2. The topological polar surface area (TPSA) is 64.7 Å². The highest BCUT2D eigenvalue weighted by molar-refractivity contribution is 7.99. The van der Waals surface area contributed by atoms with Crippen LogP contribution in [0.5, 0.6) is 0 Å². The predicted molar refractivity (Wildman–Crippen MR) is 106 cm³/mol. The van der Waals surface area contributed by atoms with Gasteiger partial charge in [-0.3, -0.25) is 4.79 Å². The van der Waals surface area contributed by atoms with Crippen molar-refractivity contribution in [2.45, 2.75) is 11.7 Å². The van der Waals surface area contributed by atoms with Crippen molar-refractivity contribution in [3.05, 3.63) is 58.9 Å². The summed E-state index contributed by atoms with van der Waals surface area (Å²) in [7, 11) is 1.96. The number of hydrogen-bond donors (Lipinski definition) is 1. The van der Waals surface area contributed by atoms with Crippen molar-refractivity contribution in [1.29, 1.82) is 0 Å². The Balaban J connectivity index is 1.40. The lowest BCUT2D eigenvalue weighted by atomic mass is 10.3. The summed E-state index contributed by atoms with van der Waals surface area (Å²) in [5, 5.41) is 10.1. The lowest BCUT2D eigenvalue weighted by Crippen LogP contribution is -2.18. The molecule has 0 radical (unpaired) electrons. The van der Waals surface area contributed by atoms with Gasteiger partial charge in [0.1, 0.15) is 5.82 Å². The van der Waals surface area contributed by atoms with Gasteiger partial charge < -0.3 is 9.88 Å². The molecule has 0 unspecified atom stereocenters. The van der Waals surface area contributed by atoms with Gasteiger partial charge in [0.2, 0.25) is 5.91 Å². The summed E-state index contributed by atoms with van der Waals surface area (Å²) in [5.41, 5.74) is 2.00. The van der Waals surface area contributed by atoms with Gasteiger partial charge in [-0.05, 0) is 23.6 Å². The smallest absolute Gasteiger partial charge is 0.235 e. The molecular formula is C18H17N5OS2. The average Bonchev–Trinajstić information content (AvgIpc) is 3.37. The molecule has 1 aromatic carbocycles. The maximum atomic E-state index is 12.4. The maximum Gasteiger partial charge on any atom is 0.235 e. The Morgan fingerprint density at radius 3 is 2.92 bits per heavy atom.